The summed E-state index contributed by atoms with van der Waals surface area (Å²) in [6.45, 7) is 0. The second kappa shape index (κ2) is 9.31. The van der Waals surface area contributed by atoms with Crippen LogP contribution < -0.4 is 23.7 Å². The smallest absolute Gasteiger partial charge is 0.216 e. The molecule has 3 aromatic rings. The Balaban J connectivity index is 2.04. The van der Waals surface area contributed by atoms with Crippen LogP contribution in [0.4, 0.5) is 0 Å². The van der Waals surface area contributed by atoms with Gasteiger partial charge < -0.3 is 23.7 Å². The van der Waals surface area contributed by atoms with Gasteiger partial charge in [0.1, 0.15) is 0 Å². The lowest BCUT2D eigenvalue weighted by Crippen LogP contribution is -1.99. The van der Waals surface area contributed by atoms with E-state index in [9.17, 15) is 0 Å². The first-order valence-corrected chi connectivity index (χ1v) is 9.21. The van der Waals surface area contributed by atoms with E-state index in [1.165, 1.54) is 4.68 Å². The van der Waals surface area contributed by atoms with Crippen molar-refractivity contribution in [2.75, 3.05) is 35.5 Å². The van der Waals surface area contributed by atoms with Gasteiger partial charge >= 0.3 is 0 Å². The van der Waals surface area contributed by atoms with Crippen LogP contribution in [-0.2, 0) is 0 Å². The maximum absolute atomic E-state index is 5.42. The highest BCUT2D eigenvalue weighted by Crippen LogP contribution is 2.40. The Morgan fingerprint density at radius 1 is 0.867 bits per heavy atom. The Labute approximate surface area is 178 Å². The van der Waals surface area contributed by atoms with Gasteiger partial charge in [-0.25, -0.2) is 5.10 Å². The zero-order chi connectivity index (χ0) is 21.7. The Hall–Kier alpha value is -3.53. The number of aromatic nitrogens is 3. The topological polar surface area (TPSA) is 92.1 Å². The SMILES string of the molecule is COc1ccc(/C=N\n2c(-c3cc(OC)c(OC)c(OC)c3)n[nH]c2=S)cc1OC. The number of rotatable bonds is 8. The van der Waals surface area contributed by atoms with Crippen LogP contribution in [-0.4, -0.2) is 56.6 Å². The summed E-state index contributed by atoms with van der Waals surface area (Å²) in [4.78, 5) is 0. The van der Waals surface area contributed by atoms with Gasteiger partial charge in [0.2, 0.25) is 10.5 Å². The molecule has 30 heavy (non-hydrogen) atoms. The van der Waals surface area contributed by atoms with Gasteiger partial charge in [0.05, 0.1) is 41.8 Å². The van der Waals surface area contributed by atoms with E-state index in [0.29, 0.717) is 44.9 Å². The molecule has 1 N–H and O–H groups in total. The molecule has 0 aliphatic heterocycles. The number of H-pyrrole nitrogens is 1. The third kappa shape index (κ3) is 4.08. The van der Waals surface area contributed by atoms with Crippen molar-refractivity contribution >= 4 is 18.4 Å². The van der Waals surface area contributed by atoms with Crippen LogP contribution >= 0.6 is 12.2 Å². The molecule has 0 bridgehead atoms. The Kier molecular flexibility index (Phi) is 6.58. The highest BCUT2D eigenvalue weighted by molar-refractivity contribution is 7.71. The molecule has 1 aromatic heterocycles. The van der Waals surface area contributed by atoms with Crippen molar-refractivity contribution in [2.45, 2.75) is 0 Å². The maximum atomic E-state index is 5.42. The van der Waals surface area contributed by atoms with Gasteiger partial charge in [0, 0.05) is 5.56 Å². The van der Waals surface area contributed by atoms with E-state index in [-0.39, 0.29) is 0 Å². The first-order chi connectivity index (χ1) is 14.6. The Bertz CT molecular complexity index is 1100. The quantitative estimate of drug-likeness (QED) is 0.432. The first kappa shape index (κ1) is 21.2. The number of methoxy groups -OCH3 is 5. The summed E-state index contributed by atoms with van der Waals surface area (Å²) in [6.07, 6.45) is 1.65. The van der Waals surface area contributed by atoms with E-state index in [2.05, 4.69) is 15.3 Å². The van der Waals surface area contributed by atoms with Gasteiger partial charge in [0.25, 0.3) is 0 Å². The van der Waals surface area contributed by atoms with Crippen LogP contribution in [0.3, 0.4) is 0 Å². The van der Waals surface area contributed by atoms with Crippen molar-refractivity contribution in [2.24, 2.45) is 5.10 Å². The van der Waals surface area contributed by atoms with Gasteiger partial charge in [-0.15, -0.1) is 0 Å². The van der Waals surface area contributed by atoms with Crippen molar-refractivity contribution in [1.82, 2.24) is 14.9 Å². The summed E-state index contributed by atoms with van der Waals surface area (Å²) >= 11 is 5.35. The second-order valence-electron chi connectivity index (χ2n) is 5.94. The molecule has 9 nitrogen and oxygen atoms in total. The molecule has 158 valence electrons. The average molecular weight is 430 g/mol. The van der Waals surface area contributed by atoms with Crippen LogP contribution in [0.2, 0.25) is 0 Å². The van der Waals surface area contributed by atoms with Crippen molar-refractivity contribution in [1.29, 1.82) is 0 Å². The zero-order valence-electron chi connectivity index (χ0n) is 17.3. The molecule has 0 saturated heterocycles. The van der Waals surface area contributed by atoms with Crippen LogP contribution in [0.25, 0.3) is 11.4 Å². The number of nitrogens with zero attached hydrogens (tertiary/aromatic N) is 3. The van der Waals surface area contributed by atoms with E-state index in [4.69, 9.17) is 35.9 Å². The Morgan fingerprint density at radius 3 is 2.07 bits per heavy atom. The fraction of sp³-hybridized carbons (Fsp3) is 0.250. The summed E-state index contributed by atoms with van der Waals surface area (Å²) in [5, 5.41) is 11.5. The average Bonchev–Trinajstić information content (AvgIpc) is 3.16. The molecule has 0 amide bonds. The lowest BCUT2D eigenvalue weighted by atomic mass is 10.1. The molecule has 0 fully saturated rings. The maximum Gasteiger partial charge on any atom is 0.216 e. The third-order valence-corrected chi connectivity index (χ3v) is 4.57. The predicted molar refractivity (Wildman–Crippen MR) is 115 cm³/mol. The van der Waals surface area contributed by atoms with E-state index in [1.54, 1.807) is 60.0 Å². The third-order valence-electron chi connectivity index (χ3n) is 4.30. The van der Waals surface area contributed by atoms with Gasteiger partial charge in [0.15, 0.2) is 28.8 Å². The number of benzene rings is 2. The minimum absolute atomic E-state index is 0.329. The van der Waals surface area contributed by atoms with Crippen molar-refractivity contribution in [3.8, 4) is 40.1 Å². The predicted octanol–water partition coefficient (Wildman–Crippen LogP) is 3.53. The van der Waals surface area contributed by atoms with E-state index < -0.39 is 0 Å². The standard InChI is InChI=1S/C20H22N4O5S/c1-25-14-7-6-12(8-15(14)26-2)11-21-24-19(22-23-20(24)30)13-9-16(27-3)18(29-5)17(10-13)28-4/h6-11H,1-5H3,(H,23,30)/b21-11-. The highest BCUT2D eigenvalue weighted by Gasteiger charge is 2.17. The largest absolute Gasteiger partial charge is 0.493 e. The van der Waals surface area contributed by atoms with Crippen molar-refractivity contribution < 1.29 is 23.7 Å². The number of aromatic amines is 1. The zero-order valence-corrected chi connectivity index (χ0v) is 18.1. The Morgan fingerprint density at radius 2 is 1.50 bits per heavy atom. The lowest BCUT2D eigenvalue weighted by molar-refractivity contribution is 0.324. The molecule has 0 saturated carbocycles. The highest BCUT2D eigenvalue weighted by atomic mass is 32.1. The van der Waals surface area contributed by atoms with Gasteiger partial charge in [-0.2, -0.15) is 14.9 Å². The summed E-state index contributed by atoms with van der Waals surface area (Å²) in [5.41, 5.74) is 1.48. The molecule has 0 unspecified atom stereocenters. The van der Waals surface area contributed by atoms with Gasteiger partial charge in [-0.1, -0.05) is 0 Å². The summed E-state index contributed by atoms with van der Waals surface area (Å²) in [5.74, 6) is 3.19. The normalized spacial score (nSPS) is 10.8. The molecule has 0 aliphatic rings. The van der Waals surface area contributed by atoms with Crippen LogP contribution in [0.15, 0.2) is 35.4 Å². The molecule has 10 heteroatoms. The number of hydrogen-bond acceptors (Lipinski definition) is 8. The van der Waals surface area contributed by atoms with E-state index in [0.717, 1.165) is 5.56 Å². The molecule has 0 atom stereocenters. The van der Waals surface area contributed by atoms with E-state index >= 15 is 0 Å². The van der Waals surface area contributed by atoms with Gasteiger partial charge in [-0.3, -0.25) is 0 Å². The summed E-state index contributed by atoms with van der Waals surface area (Å²) in [6, 6.07) is 9.01. The molecule has 1 heterocycles. The molecule has 2 aromatic carbocycles. The monoisotopic (exact) mass is 430 g/mol. The molecular weight excluding hydrogens is 408 g/mol. The number of ether oxygens (including phenoxy) is 5. The molecule has 0 spiro atoms. The molecule has 0 radical (unpaired) electrons. The van der Waals surface area contributed by atoms with Crippen molar-refractivity contribution in [3.05, 3.63) is 40.7 Å². The minimum atomic E-state index is 0.329. The second-order valence-corrected chi connectivity index (χ2v) is 6.32. The van der Waals surface area contributed by atoms with Crippen molar-refractivity contribution in [3.63, 3.8) is 0 Å². The number of nitrogens with one attached hydrogen (secondary N) is 1. The van der Waals surface area contributed by atoms with Gasteiger partial charge in [-0.05, 0) is 48.1 Å². The van der Waals surface area contributed by atoms with E-state index in [1.807, 2.05) is 12.1 Å². The first-order valence-electron chi connectivity index (χ1n) is 8.80. The molecule has 0 aliphatic carbocycles. The fourth-order valence-electron chi connectivity index (χ4n) is 2.85. The lowest BCUT2D eigenvalue weighted by Gasteiger charge is -2.13. The van der Waals surface area contributed by atoms with Crippen LogP contribution in [0.5, 0.6) is 28.7 Å². The number of hydrogen-bond donors (Lipinski definition) is 1. The summed E-state index contributed by atoms with van der Waals surface area (Å²) in [7, 11) is 7.80. The fourth-order valence-corrected chi connectivity index (χ4v) is 3.03. The molecular formula is C20H22N4O5S. The van der Waals surface area contributed by atoms with Crippen LogP contribution in [0.1, 0.15) is 5.56 Å². The van der Waals surface area contributed by atoms with Crippen LogP contribution in [0, 0.1) is 4.77 Å². The minimum Gasteiger partial charge on any atom is -0.493 e. The molecule has 3 rings (SSSR count). The summed E-state index contributed by atoms with van der Waals surface area (Å²) < 4.78 is 28.6.